The Labute approximate surface area is 622 Å². The van der Waals surface area contributed by atoms with Gasteiger partial charge in [-0.05, 0) is 196 Å². The number of fused-ring (bicyclic) bond motifs is 6. The minimum Gasteiger partial charge on any atom is -1.00 e. The predicted octanol–water partition coefficient (Wildman–Crippen LogP) is 17.2. The van der Waals surface area contributed by atoms with E-state index in [2.05, 4.69) is 39.9 Å². The van der Waals surface area contributed by atoms with E-state index < -0.39 is 67.7 Å². The van der Waals surface area contributed by atoms with Crippen LogP contribution < -0.4 is 58.0 Å². The largest absolute Gasteiger partial charge is 1.00 e. The Hall–Kier alpha value is -2.22. The summed E-state index contributed by atoms with van der Waals surface area (Å²) in [6.07, 6.45) is -4.76. The number of methoxy groups -OCH3 is 1. The molecule has 6 aliphatic rings. The number of carbonyl (C=O) groups excluding carboxylic acids is 2. The zero-order chi connectivity index (χ0) is 73.2. The molecule has 25 heteroatoms. The average molecular weight is 1490 g/mol. The number of benzene rings is 6. The van der Waals surface area contributed by atoms with Crippen molar-refractivity contribution in [3.05, 3.63) is 171 Å². The number of aliphatic hydroxyl groups is 1. The number of carbonyl (C=O) groups is 2. The molecule has 0 aliphatic carbocycles. The van der Waals surface area contributed by atoms with Crippen LogP contribution in [0.1, 0.15) is 155 Å². The van der Waals surface area contributed by atoms with Crippen LogP contribution in [-0.2, 0) is 58.4 Å². The molecule has 0 spiro atoms. The van der Waals surface area contributed by atoms with Gasteiger partial charge in [0.1, 0.15) is 62.5 Å². The number of aliphatic hydroxyl groups excluding tert-OH is 1. The molecule has 6 aliphatic heterocycles. The van der Waals surface area contributed by atoms with Crippen LogP contribution in [0, 0.1) is 0 Å². The Morgan fingerprint density at radius 2 is 0.911 bits per heavy atom. The second kappa shape index (κ2) is 34.6. The van der Waals surface area contributed by atoms with E-state index in [1.54, 1.807) is 130 Å². The topological polar surface area (TPSA) is 136 Å². The smallest absolute Gasteiger partial charge is 1.00 e. The number of ketones is 1. The van der Waals surface area contributed by atoms with E-state index in [-0.39, 0.29) is 68.8 Å². The first-order valence-electron chi connectivity index (χ1n) is 30.5. The second-order valence-corrected chi connectivity index (χ2v) is 29.2. The Balaban J connectivity index is 0.000000392. The van der Waals surface area contributed by atoms with Gasteiger partial charge in [0.25, 0.3) is 0 Å². The number of hydrogen-bond donors (Lipinski definition) is 1. The number of rotatable bonds is 4. The van der Waals surface area contributed by atoms with Gasteiger partial charge in [0.2, 0.25) is 20.0 Å². The molecule has 0 saturated carbocycles. The second-order valence-electron chi connectivity index (χ2n) is 22.8. The van der Waals surface area contributed by atoms with E-state index in [0.29, 0.717) is 93.5 Å². The molecular weight excluding hydrogens is 1410 g/mol. The van der Waals surface area contributed by atoms with Crippen molar-refractivity contribution in [2.45, 2.75) is 166 Å². The summed E-state index contributed by atoms with van der Waals surface area (Å²) in [6.45, 7) is 21.0. The zero-order valence-electron chi connectivity index (χ0n) is 60.6. The molecule has 6 heterocycles. The van der Waals surface area contributed by atoms with Crippen LogP contribution in [0.15, 0.2) is 91.0 Å². The molecule has 0 unspecified atom stereocenters. The van der Waals surface area contributed by atoms with E-state index in [9.17, 15) is 14.7 Å². The summed E-state index contributed by atoms with van der Waals surface area (Å²) in [4.78, 5) is 22.6. The first kappa shape index (κ1) is 69.1. The van der Waals surface area contributed by atoms with Crippen LogP contribution in [0.2, 0.25) is 30.1 Å². The summed E-state index contributed by atoms with van der Waals surface area (Å²) >= 11 is 51.0. The van der Waals surface area contributed by atoms with Crippen LogP contribution in [0.4, 0.5) is 0 Å². The molecule has 1 N–H and O–H groups in total. The fraction of sp³-hybridized carbons (Fsp3) is 0.415. The van der Waals surface area contributed by atoms with Gasteiger partial charge < -0.3 is 39.7 Å². The fourth-order valence-electron chi connectivity index (χ4n) is 8.97. The van der Waals surface area contributed by atoms with Gasteiger partial charge in [-0.3, -0.25) is 9.59 Å². The molecule has 12 rings (SSSR count). The maximum Gasteiger partial charge on any atom is 1.00 e. The summed E-state index contributed by atoms with van der Waals surface area (Å²) in [5.41, 5.74) is 0.622. The molecule has 3 radical (unpaired) electrons. The number of hydrogen-bond acceptors (Lipinski definition) is 11. The number of alkyl halides is 3. The van der Waals surface area contributed by atoms with E-state index in [1.165, 1.54) is 24.8 Å². The number of Topliss-reactive ketones (excluding diaryl/α,β-unsaturated/α-hetero) is 1. The van der Waals surface area contributed by atoms with E-state index in [0.717, 1.165) is 22.8 Å². The molecule has 0 aromatic heterocycles. The molecule has 11 nitrogen and oxygen atoms in total. The standard InChI is InChI=1S/C11H12Cl2O.C11H13ClO2.C11H11ClO2.C10H9ClO2.2C10H11ClO.C2H4Cl2O.B.Cl2OS.Na.H/c1-11(2)5-7-3-9(13)4-8(6-12)10(7)14-11;2*1-11(2)5-7-3-9(12)4-8(6-13)10(7)14-11;1-10(2)9(12)7-5-6(11)3-4-8(7)13-10;2*1-10(2)6-7-5-8(11)3-4-9(7)12-10;1-5-2(3)4;;1-4(2)3;;/h3-4H,5-6H2,1-2H3;3-4,13H,5-6H2,1-2H3;3-4,6H,5H2,1-2H3;3-5H,1-2H3;2*3-5H,6H2,1-2H3;2H,1H3;;;;/q;;;;;;;;;+1;-1/i3*5D2;;6D2;;;;;;. The van der Waals surface area contributed by atoms with Gasteiger partial charge >= 0.3 is 29.6 Å². The van der Waals surface area contributed by atoms with Crippen molar-refractivity contribution in [3.8, 4) is 34.5 Å². The van der Waals surface area contributed by atoms with Crippen LogP contribution in [0.5, 0.6) is 34.5 Å². The quantitative estimate of drug-likeness (QED) is 0.0782. The SMILES string of the molecule is CC1(C)Cc2cc(Cl)ccc2O1.CC1(C)Oc2ccc(Cl)cc2C1=O.COC(Cl)Cl.O=S(Cl)Cl.[2H]C1([2H])c2cc(Cl)cc(C=O)c2OC1(C)C.[2H]C1([2H])c2cc(Cl)cc(CCl)c2OC1(C)C.[2H]C1([2H])c2cc(Cl)cc(CO)c2OC1(C)C.[2H]C1([2H])c2cc(Cl)ccc2OC1(C)C.[B].[H-].[Na+]. The maximum atomic E-state index is 11.7. The summed E-state index contributed by atoms with van der Waals surface area (Å²) < 4.78 is 111. The van der Waals surface area contributed by atoms with Crippen molar-refractivity contribution in [2.75, 3.05) is 7.11 Å². The van der Waals surface area contributed by atoms with Gasteiger partial charge in [-0.1, -0.05) is 92.8 Å². The number of halogens is 11. The van der Waals surface area contributed by atoms with Crippen LogP contribution in [-0.4, -0.2) is 75.5 Å². The number of aldehydes is 1. The Kier molecular flexibility index (Phi) is 26.6. The first-order valence-corrected chi connectivity index (χ1v) is 33.0. The van der Waals surface area contributed by atoms with Gasteiger partial charge in [-0.25, -0.2) is 4.21 Å². The Morgan fingerprint density at radius 1 is 0.556 bits per heavy atom. The molecule has 0 saturated heterocycles. The third kappa shape index (κ3) is 24.8. The van der Waals surface area contributed by atoms with Crippen LogP contribution >= 0.6 is 126 Å². The Bertz CT molecular complexity index is 3810. The van der Waals surface area contributed by atoms with Gasteiger partial charge in [0.15, 0.2) is 11.9 Å². The van der Waals surface area contributed by atoms with E-state index in [1.807, 2.05) is 18.2 Å². The molecule has 0 atom stereocenters. The summed E-state index contributed by atoms with van der Waals surface area (Å²) in [7, 11) is 8.79. The minimum atomic E-state index is -1.67. The third-order valence-electron chi connectivity index (χ3n) is 12.2. The Morgan fingerprint density at radius 3 is 1.37 bits per heavy atom. The predicted molar refractivity (Wildman–Crippen MR) is 370 cm³/mol. The number of ether oxygens (including phenoxy) is 7. The average Bonchev–Trinajstić information content (AvgIpc) is 1.61. The van der Waals surface area contributed by atoms with Gasteiger partial charge in [-0.15, -0.1) is 11.6 Å². The van der Waals surface area contributed by atoms with Gasteiger partial charge in [0, 0.05) is 127 Å². The first-order chi connectivity index (χ1) is 43.8. The zero-order valence-corrected chi connectivity index (χ0v) is 62.7. The summed E-state index contributed by atoms with van der Waals surface area (Å²) in [5.74, 6) is 3.69. The summed E-state index contributed by atoms with van der Waals surface area (Å²) in [6, 6.07) is 25.4. The molecule has 0 fully saturated rings. The molecule has 90 heavy (non-hydrogen) atoms. The fourth-order valence-corrected chi connectivity index (χ4v) is 10.4. The van der Waals surface area contributed by atoms with Crippen molar-refractivity contribution in [1.29, 1.82) is 0 Å². The van der Waals surface area contributed by atoms with E-state index >= 15 is 0 Å². The molecule has 485 valence electrons. The maximum absolute atomic E-state index is 11.7. The van der Waals surface area contributed by atoms with Crippen molar-refractivity contribution < 1.29 is 94.0 Å². The van der Waals surface area contributed by atoms with Gasteiger partial charge in [-0.2, -0.15) is 0 Å². The normalized spacial score (nSPS) is 20.3. The molecule has 6 aromatic rings. The minimum absolute atomic E-state index is 0. The molecule has 6 aromatic carbocycles. The van der Waals surface area contributed by atoms with Gasteiger partial charge in [0.05, 0.1) is 23.6 Å². The van der Waals surface area contributed by atoms with Crippen molar-refractivity contribution in [2.24, 2.45) is 0 Å². The van der Waals surface area contributed by atoms with Crippen molar-refractivity contribution >= 4 is 155 Å². The monoisotopic (exact) mass is 1490 g/mol. The third-order valence-corrected chi connectivity index (χ3v) is 14.2. The molecule has 0 amide bonds. The van der Waals surface area contributed by atoms with Crippen molar-refractivity contribution in [1.82, 2.24) is 0 Å². The molecule has 0 bridgehead atoms. The van der Waals surface area contributed by atoms with Crippen LogP contribution in [0.3, 0.4) is 0 Å². The molecular formula is C65H72BCl11NaO11S. The van der Waals surface area contributed by atoms with Crippen molar-refractivity contribution in [3.63, 3.8) is 0 Å². The van der Waals surface area contributed by atoms with E-state index in [4.69, 9.17) is 148 Å². The van der Waals surface area contributed by atoms with Crippen LogP contribution in [0.25, 0.3) is 0 Å². The summed E-state index contributed by atoms with van der Waals surface area (Å²) in [5, 5.41) is 11.7.